The lowest BCUT2D eigenvalue weighted by molar-refractivity contribution is 0.242. The number of fused-ring (bicyclic) bond motifs is 1. The maximum absolute atomic E-state index is 8.96. The maximum Gasteiger partial charge on any atom is 0.193 e. The van der Waals surface area contributed by atoms with Crippen molar-refractivity contribution in [2.45, 2.75) is 32.6 Å². The Morgan fingerprint density at radius 3 is 2.90 bits per heavy atom. The van der Waals surface area contributed by atoms with E-state index in [1.165, 1.54) is 24.0 Å². The van der Waals surface area contributed by atoms with E-state index in [-0.39, 0.29) is 36.5 Å². The van der Waals surface area contributed by atoms with Crippen LogP contribution in [-0.2, 0) is 12.8 Å². The lowest BCUT2D eigenvalue weighted by Gasteiger charge is -2.20. The summed E-state index contributed by atoms with van der Waals surface area (Å²) in [6.07, 6.45) is 4.78. The molecular formula is C15H24IN3O. The molecule has 1 aliphatic rings. The molecule has 1 aromatic rings. The molecule has 5 heteroatoms. The quantitative estimate of drug-likeness (QED) is 0.421. The van der Waals surface area contributed by atoms with Crippen molar-refractivity contribution in [3.63, 3.8) is 0 Å². The number of hydrogen-bond donors (Lipinski definition) is 3. The predicted octanol–water partition coefficient (Wildman–Crippen LogP) is 2.54. The van der Waals surface area contributed by atoms with Gasteiger partial charge in [0.25, 0.3) is 0 Å². The van der Waals surface area contributed by atoms with E-state index in [0.29, 0.717) is 12.5 Å². The molecule has 0 bridgehead atoms. The van der Waals surface area contributed by atoms with Gasteiger partial charge in [-0.3, -0.25) is 4.99 Å². The largest absolute Gasteiger partial charge is 0.396 e. The summed E-state index contributed by atoms with van der Waals surface area (Å²) in [6.45, 7) is 2.63. The number of aryl methyl sites for hydroxylation is 1. The molecule has 0 aromatic heterocycles. The fourth-order valence-electron chi connectivity index (χ4n) is 2.39. The number of aliphatic hydroxyl groups excluding tert-OH is 1. The first-order chi connectivity index (χ1) is 9.20. The zero-order chi connectivity index (χ0) is 13.7. The monoisotopic (exact) mass is 389 g/mol. The number of anilines is 1. The van der Waals surface area contributed by atoms with Crippen LogP contribution in [0.25, 0.3) is 0 Å². The Morgan fingerprint density at radius 2 is 2.15 bits per heavy atom. The van der Waals surface area contributed by atoms with Gasteiger partial charge in [0.2, 0.25) is 0 Å². The molecule has 0 aliphatic heterocycles. The molecule has 0 amide bonds. The van der Waals surface area contributed by atoms with Crippen LogP contribution in [0.2, 0.25) is 0 Å². The number of nitrogens with zero attached hydrogens (tertiary/aromatic N) is 1. The molecule has 2 rings (SSSR count). The van der Waals surface area contributed by atoms with Gasteiger partial charge in [0.15, 0.2) is 5.96 Å². The molecule has 0 spiro atoms. The van der Waals surface area contributed by atoms with E-state index in [0.717, 1.165) is 18.5 Å². The van der Waals surface area contributed by atoms with Crippen molar-refractivity contribution < 1.29 is 5.11 Å². The molecule has 1 aromatic carbocycles. The van der Waals surface area contributed by atoms with Gasteiger partial charge in [-0.25, -0.2) is 0 Å². The highest BCUT2D eigenvalue weighted by atomic mass is 127. The van der Waals surface area contributed by atoms with E-state index in [1.807, 2.05) is 6.92 Å². The van der Waals surface area contributed by atoms with Crippen molar-refractivity contribution in [3.8, 4) is 0 Å². The molecule has 1 aliphatic carbocycles. The molecule has 4 nitrogen and oxygen atoms in total. The molecule has 112 valence electrons. The number of halogens is 1. The standard InChI is InChI=1S/C15H23N3O.HI/c1-11(10-19)9-17-15(16)18-14-8-4-6-12-5-2-3-7-13(12)14;/h4,6,8,11,19H,2-3,5,7,9-10H2,1H3,(H3,16,17,18);1H. The summed E-state index contributed by atoms with van der Waals surface area (Å²) in [5.74, 6) is 0.573. The van der Waals surface area contributed by atoms with E-state index in [4.69, 9.17) is 10.8 Å². The Labute approximate surface area is 137 Å². The van der Waals surface area contributed by atoms with Crippen molar-refractivity contribution in [1.29, 1.82) is 0 Å². The first kappa shape index (κ1) is 17.2. The second-order valence-corrected chi connectivity index (χ2v) is 5.29. The molecule has 4 N–H and O–H groups in total. The van der Waals surface area contributed by atoms with Gasteiger partial charge in [-0.2, -0.15) is 0 Å². The summed E-state index contributed by atoms with van der Waals surface area (Å²) in [5, 5.41) is 12.2. The van der Waals surface area contributed by atoms with Gasteiger partial charge < -0.3 is 16.2 Å². The van der Waals surface area contributed by atoms with E-state index in [2.05, 4.69) is 28.5 Å². The summed E-state index contributed by atoms with van der Waals surface area (Å²) in [7, 11) is 0. The number of nitrogens with one attached hydrogen (secondary N) is 1. The number of rotatable bonds is 4. The van der Waals surface area contributed by atoms with E-state index >= 15 is 0 Å². The molecular weight excluding hydrogens is 365 g/mol. The van der Waals surface area contributed by atoms with Crippen LogP contribution in [0.4, 0.5) is 5.69 Å². The summed E-state index contributed by atoms with van der Waals surface area (Å²) in [6, 6.07) is 6.32. The minimum Gasteiger partial charge on any atom is -0.396 e. The van der Waals surface area contributed by atoms with Crippen molar-refractivity contribution in [2.75, 3.05) is 18.5 Å². The summed E-state index contributed by atoms with van der Waals surface area (Å²) in [5.41, 5.74) is 9.78. The second-order valence-electron chi connectivity index (χ2n) is 5.29. The molecule has 0 radical (unpaired) electrons. The summed E-state index contributed by atoms with van der Waals surface area (Å²) >= 11 is 0. The van der Waals surface area contributed by atoms with Crippen LogP contribution < -0.4 is 11.1 Å². The lowest BCUT2D eigenvalue weighted by Crippen LogP contribution is -2.25. The Balaban J connectivity index is 0.00000200. The number of guanidine groups is 1. The number of benzene rings is 1. The minimum absolute atomic E-state index is 0. The third-order valence-corrected chi connectivity index (χ3v) is 3.54. The molecule has 0 fully saturated rings. The molecule has 20 heavy (non-hydrogen) atoms. The Bertz CT molecular complexity index is 462. The summed E-state index contributed by atoms with van der Waals surface area (Å²) < 4.78 is 0. The zero-order valence-electron chi connectivity index (χ0n) is 11.9. The van der Waals surface area contributed by atoms with E-state index < -0.39 is 0 Å². The summed E-state index contributed by atoms with van der Waals surface area (Å²) in [4.78, 5) is 4.26. The third kappa shape index (κ3) is 4.63. The molecule has 0 heterocycles. The van der Waals surface area contributed by atoms with Crippen molar-refractivity contribution in [2.24, 2.45) is 16.6 Å². The Hall–Kier alpha value is -0.820. The molecule has 0 saturated carbocycles. The van der Waals surface area contributed by atoms with Gasteiger partial charge in [0, 0.05) is 18.8 Å². The van der Waals surface area contributed by atoms with Gasteiger partial charge in [0.1, 0.15) is 0 Å². The van der Waals surface area contributed by atoms with Crippen LogP contribution >= 0.6 is 24.0 Å². The molecule has 1 atom stereocenters. The van der Waals surface area contributed by atoms with Crippen molar-refractivity contribution in [3.05, 3.63) is 29.3 Å². The predicted molar refractivity (Wildman–Crippen MR) is 94.9 cm³/mol. The average Bonchev–Trinajstić information content (AvgIpc) is 2.45. The average molecular weight is 389 g/mol. The normalized spacial score (nSPS) is 16.0. The highest BCUT2D eigenvalue weighted by molar-refractivity contribution is 14.0. The van der Waals surface area contributed by atoms with Crippen LogP contribution in [0.3, 0.4) is 0 Å². The molecule has 0 saturated heterocycles. The highest BCUT2D eigenvalue weighted by Crippen LogP contribution is 2.27. The van der Waals surface area contributed by atoms with E-state index in [1.54, 1.807) is 0 Å². The first-order valence-corrected chi connectivity index (χ1v) is 6.99. The number of aliphatic hydroxyl groups is 1. The van der Waals surface area contributed by atoms with Crippen LogP contribution in [0.5, 0.6) is 0 Å². The first-order valence-electron chi connectivity index (χ1n) is 6.99. The topological polar surface area (TPSA) is 70.6 Å². The van der Waals surface area contributed by atoms with Gasteiger partial charge in [-0.1, -0.05) is 19.1 Å². The number of nitrogens with two attached hydrogens (primary N) is 1. The van der Waals surface area contributed by atoms with Crippen molar-refractivity contribution >= 4 is 35.6 Å². The van der Waals surface area contributed by atoms with Gasteiger partial charge >= 0.3 is 0 Å². The smallest absolute Gasteiger partial charge is 0.193 e. The van der Waals surface area contributed by atoms with Gasteiger partial charge in [-0.05, 0) is 48.8 Å². The van der Waals surface area contributed by atoms with Crippen LogP contribution in [0, 0.1) is 5.92 Å². The second kappa shape index (κ2) is 8.46. The van der Waals surface area contributed by atoms with Crippen LogP contribution in [0.15, 0.2) is 23.2 Å². The fourth-order valence-corrected chi connectivity index (χ4v) is 2.39. The Morgan fingerprint density at radius 1 is 1.40 bits per heavy atom. The SMILES string of the molecule is CC(CO)CN=C(N)Nc1cccc2c1CCCC2.I. The van der Waals surface area contributed by atoms with Crippen molar-refractivity contribution in [1.82, 2.24) is 0 Å². The van der Waals surface area contributed by atoms with E-state index in [9.17, 15) is 0 Å². The number of hydrogen-bond acceptors (Lipinski definition) is 2. The lowest BCUT2D eigenvalue weighted by atomic mass is 9.90. The fraction of sp³-hybridized carbons (Fsp3) is 0.533. The zero-order valence-corrected chi connectivity index (χ0v) is 14.3. The number of aliphatic imine (C=N–C) groups is 1. The van der Waals surface area contributed by atoms with Gasteiger partial charge in [-0.15, -0.1) is 24.0 Å². The minimum atomic E-state index is 0. The third-order valence-electron chi connectivity index (χ3n) is 3.54. The van der Waals surface area contributed by atoms with Crippen LogP contribution in [-0.4, -0.2) is 24.2 Å². The highest BCUT2D eigenvalue weighted by Gasteiger charge is 2.13. The van der Waals surface area contributed by atoms with Gasteiger partial charge in [0.05, 0.1) is 0 Å². The Kier molecular flexibility index (Phi) is 7.29. The van der Waals surface area contributed by atoms with Crippen LogP contribution in [0.1, 0.15) is 30.9 Å². The molecule has 1 unspecified atom stereocenters. The maximum atomic E-state index is 8.96.